The van der Waals surface area contributed by atoms with Crippen LogP contribution in [-0.2, 0) is 16.6 Å². The lowest BCUT2D eigenvalue weighted by molar-refractivity contribution is -0.385. The second kappa shape index (κ2) is 10.9. The molecule has 200 valence electrons. The zero-order valence-corrected chi connectivity index (χ0v) is 21.9. The van der Waals surface area contributed by atoms with Gasteiger partial charge in [0.2, 0.25) is 10.0 Å². The van der Waals surface area contributed by atoms with E-state index in [0.29, 0.717) is 22.5 Å². The van der Waals surface area contributed by atoms with Crippen LogP contribution >= 0.6 is 0 Å². The Labute approximate surface area is 225 Å². The smallest absolute Gasteiger partial charge is 0.270 e. The fourth-order valence-electron chi connectivity index (χ4n) is 4.43. The van der Waals surface area contributed by atoms with E-state index >= 15 is 0 Å². The summed E-state index contributed by atoms with van der Waals surface area (Å²) in [5.74, 6) is 0.500. The Morgan fingerprint density at radius 3 is 2.44 bits per heavy atom. The van der Waals surface area contributed by atoms with E-state index in [1.54, 1.807) is 43.3 Å². The molecular formula is C29H26N2O7S. The first-order valence-corrected chi connectivity index (χ1v) is 13.7. The zero-order valence-electron chi connectivity index (χ0n) is 21.1. The molecule has 5 rings (SSSR count). The number of hydrogen-bond donors (Lipinski definition) is 1. The van der Waals surface area contributed by atoms with Crippen LogP contribution in [0.3, 0.4) is 0 Å². The maximum Gasteiger partial charge on any atom is 0.270 e. The van der Waals surface area contributed by atoms with Crippen molar-refractivity contribution in [3.63, 3.8) is 0 Å². The normalized spacial score (nSPS) is 12.7. The lowest BCUT2D eigenvalue weighted by Gasteiger charge is -2.25. The van der Waals surface area contributed by atoms with Gasteiger partial charge in [-0.2, -0.15) is 4.31 Å². The maximum absolute atomic E-state index is 13.7. The van der Waals surface area contributed by atoms with Crippen LogP contribution in [0.2, 0.25) is 0 Å². The quantitative estimate of drug-likeness (QED) is 0.183. The highest BCUT2D eigenvalue weighted by atomic mass is 32.2. The molecule has 10 heteroatoms. The standard InChI is InChI=1S/C29H26N2O7S/c1-20-11-12-22(31(33)34)15-29(20)39(35,36)30(17-21-7-3-2-4-8-21)18-23(32)19-37-24-13-14-28-26(16-24)25-9-5-6-10-27(25)38-28/h2-16,23,32H,17-19H2,1H3. The fourth-order valence-corrected chi connectivity index (χ4v) is 6.14. The van der Waals surface area contributed by atoms with Gasteiger partial charge in [0.15, 0.2) is 0 Å². The van der Waals surface area contributed by atoms with Crippen LogP contribution in [-0.4, -0.2) is 42.0 Å². The van der Waals surface area contributed by atoms with Crippen LogP contribution in [0.1, 0.15) is 11.1 Å². The highest BCUT2D eigenvalue weighted by Crippen LogP contribution is 2.31. The molecule has 1 unspecified atom stereocenters. The number of sulfonamides is 1. The third kappa shape index (κ3) is 5.63. The molecule has 9 nitrogen and oxygen atoms in total. The van der Waals surface area contributed by atoms with Crippen molar-refractivity contribution in [2.24, 2.45) is 0 Å². The fraction of sp³-hybridized carbons (Fsp3) is 0.172. The number of fused-ring (bicyclic) bond motifs is 3. The topological polar surface area (TPSA) is 123 Å². The van der Waals surface area contributed by atoms with Gasteiger partial charge in [-0.25, -0.2) is 8.42 Å². The lowest BCUT2D eigenvalue weighted by Crippen LogP contribution is -2.39. The Morgan fingerprint density at radius 1 is 0.949 bits per heavy atom. The van der Waals surface area contributed by atoms with Gasteiger partial charge in [-0.05, 0) is 42.3 Å². The number of benzene rings is 4. The molecule has 1 aromatic heterocycles. The predicted octanol–water partition coefficient (Wildman–Crippen LogP) is 5.43. The van der Waals surface area contributed by atoms with Crippen LogP contribution in [0.15, 0.2) is 100 Å². The summed E-state index contributed by atoms with van der Waals surface area (Å²) in [6, 6.07) is 25.6. The highest BCUT2D eigenvalue weighted by Gasteiger charge is 2.30. The number of non-ortho nitro benzene ring substituents is 1. The van der Waals surface area contributed by atoms with Gasteiger partial charge in [0.05, 0.1) is 9.82 Å². The van der Waals surface area contributed by atoms with Gasteiger partial charge in [0.25, 0.3) is 5.69 Å². The van der Waals surface area contributed by atoms with E-state index < -0.39 is 21.1 Å². The Morgan fingerprint density at radius 2 is 1.67 bits per heavy atom. The molecule has 0 fully saturated rings. The van der Waals surface area contributed by atoms with Crippen molar-refractivity contribution in [1.29, 1.82) is 0 Å². The highest BCUT2D eigenvalue weighted by molar-refractivity contribution is 7.89. The molecule has 1 N–H and O–H groups in total. The van der Waals surface area contributed by atoms with Gasteiger partial charge in [-0.3, -0.25) is 10.1 Å². The first-order valence-electron chi connectivity index (χ1n) is 12.2. The lowest BCUT2D eigenvalue weighted by atomic mass is 10.1. The van der Waals surface area contributed by atoms with E-state index in [4.69, 9.17) is 9.15 Å². The predicted molar refractivity (Wildman–Crippen MR) is 147 cm³/mol. The van der Waals surface area contributed by atoms with E-state index in [0.717, 1.165) is 26.7 Å². The Bertz CT molecular complexity index is 1750. The van der Waals surface area contributed by atoms with E-state index in [1.165, 1.54) is 12.1 Å². The number of furan rings is 1. The number of ether oxygens (including phenoxy) is 1. The van der Waals surface area contributed by atoms with Crippen molar-refractivity contribution < 1.29 is 27.6 Å². The monoisotopic (exact) mass is 546 g/mol. The number of hydrogen-bond acceptors (Lipinski definition) is 7. The molecule has 0 aliphatic carbocycles. The summed E-state index contributed by atoms with van der Waals surface area (Å²) in [4.78, 5) is 10.5. The Hall–Kier alpha value is -4.25. The molecule has 39 heavy (non-hydrogen) atoms. The van der Waals surface area contributed by atoms with Gasteiger partial charge < -0.3 is 14.3 Å². The zero-order chi connectivity index (χ0) is 27.6. The van der Waals surface area contributed by atoms with Gasteiger partial charge >= 0.3 is 0 Å². The molecule has 0 aliphatic rings. The van der Waals surface area contributed by atoms with Crippen molar-refractivity contribution in [3.05, 3.63) is 112 Å². The van der Waals surface area contributed by atoms with Gasteiger partial charge in [0, 0.05) is 36.0 Å². The number of nitrogens with zero attached hydrogens (tertiary/aromatic N) is 2. The van der Waals surface area contributed by atoms with Crippen molar-refractivity contribution in [1.82, 2.24) is 4.31 Å². The summed E-state index contributed by atoms with van der Waals surface area (Å²) in [6.45, 7) is 1.09. The number of rotatable bonds is 10. The first kappa shape index (κ1) is 26.4. The van der Waals surface area contributed by atoms with Crippen molar-refractivity contribution >= 4 is 37.6 Å². The molecule has 0 radical (unpaired) electrons. The molecule has 1 heterocycles. The van der Waals surface area contributed by atoms with Crippen LogP contribution in [0.5, 0.6) is 5.75 Å². The molecule has 0 spiro atoms. The molecule has 0 amide bonds. The molecule has 0 saturated carbocycles. The number of aliphatic hydroxyl groups excluding tert-OH is 1. The third-order valence-electron chi connectivity index (χ3n) is 6.41. The van der Waals surface area contributed by atoms with Crippen LogP contribution < -0.4 is 4.74 Å². The molecule has 0 aliphatic heterocycles. The molecule has 0 saturated heterocycles. The summed E-state index contributed by atoms with van der Waals surface area (Å²) >= 11 is 0. The minimum Gasteiger partial charge on any atom is -0.491 e. The molecule has 4 aromatic carbocycles. The number of nitro groups is 1. The number of nitro benzene ring substituents is 1. The van der Waals surface area contributed by atoms with Crippen molar-refractivity contribution in [2.45, 2.75) is 24.5 Å². The van der Waals surface area contributed by atoms with E-state index in [9.17, 15) is 23.6 Å². The second-order valence-electron chi connectivity index (χ2n) is 9.21. The largest absolute Gasteiger partial charge is 0.491 e. The second-order valence-corrected chi connectivity index (χ2v) is 11.1. The van der Waals surface area contributed by atoms with Gasteiger partial charge in [-0.1, -0.05) is 54.6 Å². The Kier molecular flexibility index (Phi) is 7.34. The van der Waals surface area contributed by atoms with Crippen LogP contribution in [0, 0.1) is 17.0 Å². The molecule has 5 aromatic rings. The van der Waals surface area contributed by atoms with E-state index in [-0.39, 0.29) is 30.3 Å². The average molecular weight is 547 g/mol. The number of aryl methyl sites for hydroxylation is 1. The van der Waals surface area contributed by atoms with E-state index in [1.807, 2.05) is 36.4 Å². The van der Waals surface area contributed by atoms with Gasteiger partial charge in [-0.15, -0.1) is 0 Å². The average Bonchev–Trinajstić information content (AvgIpc) is 3.30. The first-order chi connectivity index (χ1) is 18.7. The summed E-state index contributed by atoms with van der Waals surface area (Å²) < 4.78 is 40.2. The number of para-hydroxylation sites is 1. The van der Waals surface area contributed by atoms with E-state index in [2.05, 4.69) is 0 Å². The summed E-state index contributed by atoms with van der Waals surface area (Å²) in [6.07, 6.45) is -1.18. The van der Waals surface area contributed by atoms with Crippen molar-refractivity contribution in [3.8, 4) is 5.75 Å². The Balaban J connectivity index is 1.38. The molecule has 1 atom stereocenters. The minimum atomic E-state index is -4.21. The molecular weight excluding hydrogens is 520 g/mol. The molecule has 0 bridgehead atoms. The maximum atomic E-state index is 13.7. The summed E-state index contributed by atoms with van der Waals surface area (Å²) in [5, 5.41) is 24.0. The van der Waals surface area contributed by atoms with Crippen molar-refractivity contribution in [2.75, 3.05) is 13.2 Å². The SMILES string of the molecule is Cc1ccc([N+](=O)[O-])cc1S(=O)(=O)N(Cc1ccccc1)CC(O)COc1ccc2oc3ccccc3c2c1. The van der Waals surface area contributed by atoms with Gasteiger partial charge in [0.1, 0.15) is 29.6 Å². The minimum absolute atomic E-state index is 0.0324. The summed E-state index contributed by atoms with van der Waals surface area (Å²) in [7, 11) is -4.21. The van der Waals surface area contributed by atoms with Crippen LogP contribution in [0.25, 0.3) is 21.9 Å². The van der Waals surface area contributed by atoms with Crippen LogP contribution in [0.4, 0.5) is 5.69 Å². The number of aliphatic hydroxyl groups is 1. The summed E-state index contributed by atoms with van der Waals surface area (Å²) in [5.41, 5.74) is 2.20. The third-order valence-corrected chi connectivity index (χ3v) is 8.36.